The van der Waals surface area contributed by atoms with Crippen LogP contribution in [0.4, 0.5) is 21.0 Å². The molecule has 45 heavy (non-hydrogen) atoms. The Morgan fingerprint density at radius 3 is 1.69 bits per heavy atom. The highest BCUT2D eigenvalue weighted by Crippen LogP contribution is 2.15. The van der Waals surface area contributed by atoms with Crippen LogP contribution < -0.4 is 21.7 Å². The molecule has 11 heteroatoms. The van der Waals surface area contributed by atoms with Crippen molar-refractivity contribution < 1.29 is 33.3 Å². The predicted molar refractivity (Wildman–Crippen MR) is 176 cm³/mol. The maximum atomic E-state index is 11.5. The molecule has 1 atom stereocenters. The minimum Gasteiger partial charge on any atom is -0.444 e. The molecular weight excluding hydrogens is 576 g/mol. The molecule has 2 heterocycles. The van der Waals surface area contributed by atoms with Gasteiger partial charge in [0.1, 0.15) is 17.8 Å². The van der Waals surface area contributed by atoms with Crippen molar-refractivity contribution in [3.8, 4) is 0 Å². The second kappa shape index (κ2) is 18.9. The fourth-order valence-electron chi connectivity index (χ4n) is 4.03. The van der Waals surface area contributed by atoms with Gasteiger partial charge in [-0.1, -0.05) is 24.3 Å². The lowest BCUT2D eigenvalue weighted by atomic mass is 10.1. The van der Waals surface area contributed by atoms with Crippen LogP contribution in [0.2, 0.25) is 0 Å². The number of carbonyl (C=O) groups is 3. The first-order chi connectivity index (χ1) is 21.2. The molecule has 0 radical (unpaired) electrons. The van der Waals surface area contributed by atoms with Crippen LogP contribution in [-0.2, 0) is 36.6 Å². The molecule has 0 aromatic heterocycles. The van der Waals surface area contributed by atoms with E-state index in [1.54, 1.807) is 0 Å². The number of nitrogens with two attached hydrogens (primary N) is 1. The number of hydrogen-bond donors (Lipinski definition) is 4. The summed E-state index contributed by atoms with van der Waals surface area (Å²) in [4.78, 5) is 33.0. The number of ether oxygens (including phenoxy) is 4. The molecule has 2 saturated heterocycles. The summed E-state index contributed by atoms with van der Waals surface area (Å²) in [6, 6.07) is 16.3. The number of rotatable bonds is 8. The monoisotopic (exact) mass is 628 g/mol. The second-order valence-corrected chi connectivity index (χ2v) is 12.8. The molecule has 1 unspecified atom stereocenters. The van der Waals surface area contributed by atoms with Crippen molar-refractivity contribution in [1.29, 1.82) is 0 Å². The van der Waals surface area contributed by atoms with Gasteiger partial charge in [0.05, 0.1) is 19.3 Å². The highest BCUT2D eigenvalue weighted by molar-refractivity contribution is 5.81. The van der Waals surface area contributed by atoms with E-state index in [9.17, 15) is 14.4 Å². The Hall–Kier alpha value is -3.83. The van der Waals surface area contributed by atoms with Crippen molar-refractivity contribution in [2.24, 2.45) is 0 Å². The SMILES string of the molecule is CC(C)(C)OC(=O)NCCc1ccc(N)cc1.CC(C)(C)OC(=O)NCCc1ccc(NC2CCOC2)cc1.O=C1CCOC1. The largest absolute Gasteiger partial charge is 0.444 e. The molecule has 2 amide bonds. The molecule has 0 saturated carbocycles. The molecule has 0 spiro atoms. The molecule has 0 aliphatic carbocycles. The molecule has 2 aliphatic heterocycles. The number of alkyl carbamates (subject to hydrolysis) is 2. The quantitative estimate of drug-likeness (QED) is 0.287. The highest BCUT2D eigenvalue weighted by Gasteiger charge is 2.17. The van der Waals surface area contributed by atoms with Crippen LogP contribution in [0.1, 0.15) is 65.5 Å². The van der Waals surface area contributed by atoms with Gasteiger partial charge in [0.15, 0.2) is 5.78 Å². The average molecular weight is 629 g/mol. The molecule has 2 fully saturated rings. The van der Waals surface area contributed by atoms with Crippen molar-refractivity contribution in [2.75, 3.05) is 50.6 Å². The van der Waals surface area contributed by atoms with Gasteiger partial charge in [-0.3, -0.25) is 4.79 Å². The minimum atomic E-state index is -0.457. The Bertz CT molecular complexity index is 1160. The molecule has 2 aliphatic rings. The molecule has 2 aromatic carbocycles. The van der Waals surface area contributed by atoms with Gasteiger partial charge in [-0.2, -0.15) is 0 Å². The Labute approximate surface area is 267 Å². The maximum absolute atomic E-state index is 11.5. The molecule has 11 nitrogen and oxygen atoms in total. The smallest absolute Gasteiger partial charge is 0.407 e. The first-order valence-corrected chi connectivity index (χ1v) is 15.5. The Kier molecular flexibility index (Phi) is 15.7. The molecule has 0 bridgehead atoms. The van der Waals surface area contributed by atoms with E-state index in [0.29, 0.717) is 38.8 Å². The van der Waals surface area contributed by atoms with E-state index in [4.69, 9.17) is 24.7 Å². The van der Waals surface area contributed by atoms with Crippen molar-refractivity contribution in [3.05, 3.63) is 59.7 Å². The second-order valence-electron chi connectivity index (χ2n) is 12.8. The molecule has 4 rings (SSSR count). The number of hydrogen-bond acceptors (Lipinski definition) is 9. The zero-order valence-corrected chi connectivity index (χ0v) is 27.7. The van der Waals surface area contributed by atoms with Gasteiger partial charge in [-0.25, -0.2) is 9.59 Å². The van der Waals surface area contributed by atoms with Crippen molar-refractivity contribution in [1.82, 2.24) is 10.6 Å². The van der Waals surface area contributed by atoms with Crippen molar-refractivity contribution in [2.45, 2.75) is 84.5 Å². The van der Waals surface area contributed by atoms with E-state index < -0.39 is 11.2 Å². The van der Waals surface area contributed by atoms with Crippen LogP contribution in [0.15, 0.2) is 48.5 Å². The van der Waals surface area contributed by atoms with E-state index >= 15 is 0 Å². The van der Waals surface area contributed by atoms with Crippen LogP contribution in [0.5, 0.6) is 0 Å². The fraction of sp³-hybridized carbons (Fsp3) is 0.559. The lowest BCUT2D eigenvalue weighted by molar-refractivity contribution is -0.117. The van der Waals surface area contributed by atoms with Gasteiger partial charge >= 0.3 is 12.2 Å². The number of anilines is 2. The third-order valence-corrected chi connectivity index (χ3v) is 6.19. The average Bonchev–Trinajstić information content (AvgIpc) is 3.64. The topological polar surface area (TPSA) is 150 Å². The number of nitrogens with one attached hydrogen (secondary N) is 3. The third kappa shape index (κ3) is 18.5. The Morgan fingerprint density at radius 2 is 1.31 bits per heavy atom. The first-order valence-electron chi connectivity index (χ1n) is 15.5. The summed E-state index contributed by atoms with van der Waals surface area (Å²) in [7, 11) is 0. The van der Waals surface area contributed by atoms with Gasteiger partial charge in [-0.05, 0) is 96.2 Å². The van der Waals surface area contributed by atoms with E-state index in [1.165, 1.54) is 5.56 Å². The van der Waals surface area contributed by atoms with Gasteiger partial charge in [-0.15, -0.1) is 0 Å². The molecular formula is C34H52N4O7. The maximum Gasteiger partial charge on any atom is 0.407 e. The van der Waals surface area contributed by atoms with Crippen LogP contribution >= 0.6 is 0 Å². The fourth-order valence-corrected chi connectivity index (χ4v) is 4.03. The lowest BCUT2D eigenvalue weighted by Crippen LogP contribution is -2.33. The normalized spacial score (nSPS) is 16.0. The number of amides is 2. The summed E-state index contributed by atoms with van der Waals surface area (Å²) in [5.41, 5.74) is 8.85. The first kappa shape index (κ1) is 37.4. The standard InChI is InChI=1S/C17H26N2O3.C13H20N2O2.C4H6O2/c1-17(2,3)22-16(20)18-10-8-13-4-6-14(7-5-13)19-15-9-11-21-12-15;1-13(2,3)17-12(16)15-9-8-10-4-6-11(14)7-5-10;5-4-1-2-6-3-4/h4-7,15,19H,8-12H2,1-3H3,(H,18,20);4-7H,8-9,14H2,1-3H3,(H,15,16);1-3H2. The highest BCUT2D eigenvalue weighted by atomic mass is 16.6. The van der Waals surface area contributed by atoms with Gasteiger partial charge in [0.2, 0.25) is 0 Å². The number of benzene rings is 2. The lowest BCUT2D eigenvalue weighted by Gasteiger charge is -2.19. The predicted octanol–water partition coefficient (Wildman–Crippen LogP) is 5.27. The van der Waals surface area contributed by atoms with Crippen molar-refractivity contribution in [3.63, 3.8) is 0 Å². The van der Waals surface area contributed by atoms with Crippen molar-refractivity contribution >= 4 is 29.3 Å². The third-order valence-electron chi connectivity index (χ3n) is 6.19. The van der Waals surface area contributed by atoms with E-state index in [2.05, 4.69) is 40.2 Å². The zero-order chi connectivity index (χ0) is 33.3. The number of carbonyl (C=O) groups excluding carboxylic acids is 3. The molecule has 2 aromatic rings. The molecule has 250 valence electrons. The van der Waals surface area contributed by atoms with Crippen LogP contribution in [0.25, 0.3) is 0 Å². The number of Topliss-reactive ketones (excluding diaryl/α,β-unsaturated/α-hetero) is 1. The zero-order valence-electron chi connectivity index (χ0n) is 27.7. The van der Waals surface area contributed by atoms with Gasteiger partial charge < -0.3 is 40.6 Å². The Balaban J connectivity index is 0.000000270. The summed E-state index contributed by atoms with van der Waals surface area (Å²) in [6.07, 6.45) is 2.48. The van der Waals surface area contributed by atoms with E-state index in [0.717, 1.165) is 49.4 Å². The Morgan fingerprint density at radius 1 is 0.800 bits per heavy atom. The minimum absolute atomic E-state index is 0.231. The van der Waals surface area contributed by atoms with Crippen LogP contribution in [0, 0.1) is 0 Å². The van der Waals surface area contributed by atoms with Crippen LogP contribution in [0.3, 0.4) is 0 Å². The summed E-state index contributed by atoms with van der Waals surface area (Å²) in [5, 5.41) is 8.93. The van der Waals surface area contributed by atoms with E-state index in [1.807, 2.05) is 65.8 Å². The van der Waals surface area contributed by atoms with Gasteiger partial charge in [0.25, 0.3) is 0 Å². The number of nitrogen functional groups attached to an aromatic ring is 1. The summed E-state index contributed by atoms with van der Waals surface area (Å²) in [6.45, 7) is 14.8. The van der Waals surface area contributed by atoms with Crippen LogP contribution in [-0.4, -0.2) is 74.7 Å². The number of ketones is 1. The van der Waals surface area contributed by atoms with E-state index in [-0.39, 0.29) is 18.0 Å². The summed E-state index contributed by atoms with van der Waals surface area (Å²) >= 11 is 0. The van der Waals surface area contributed by atoms with Gasteiger partial charge in [0, 0.05) is 37.5 Å². The summed E-state index contributed by atoms with van der Waals surface area (Å²) < 4.78 is 20.4. The summed E-state index contributed by atoms with van der Waals surface area (Å²) in [5.74, 6) is 0.231. The molecule has 5 N–H and O–H groups in total.